The largest absolute Gasteiger partial charge is 0.450 e. The monoisotopic (exact) mass is 376 g/mol. The summed E-state index contributed by atoms with van der Waals surface area (Å²) in [6.45, 7) is 5.24. The zero-order valence-corrected chi connectivity index (χ0v) is 15.9. The lowest BCUT2D eigenvalue weighted by atomic mass is 9.90. The molecule has 0 aromatic carbocycles. The summed E-state index contributed by atoms with van der Waals surface area (Å²) >= 11 is 0. The van der Waals surface area contributed by atoms with Crippen molar-refractivity contribution in [3.63, 3.8) is 0 Å². The third-order valence-electron chi connectivity index (χ3n) is 5.95. The van der Waals surface area contributed by atoms with E-state index < -0.39 is 12.1 Å². The number of nitrogens with zero attached hydrogens (tertiary/aromatic N) is 2. The molecule has 2 amide bonds. The van der Waals surface area contributed by atoms with Crippen LogP contribution in [0, 0.1) is 18.8 Å². The van der Waals surface area contributed by atoms with Crippen molar-refractivity contribution in [2.75, 3.05) is 19.8 Å². The Morgan fingerprint density at radius 1 is 1.41 bits per heavy atom. The van der Waals surface area contributed by atoms with Gasteiger partial charge in [-0.3, -0.25) is 4.79 Å². The first-order valence-electron chi connectivity index (χ1n) is 9.93. The van der Waals surface area contributed by atoms with Crippen molar-refractivity contribution >= 4 is 12.0 Å². The first kappa shape index (κ1) is 18.3. The third-order valence-corrected chi connectivity index (χ3v) is 5.95. The van der Waals surface area contributed by atoms with Gasteiger partial charge in [-0.1, -0.05) is 0 Å². The molecular formula is C19H28N4O4. The summed E-state index contributed by atoms with van der Waals surface area (Å²) in [6, 6.07) is -0.355. The van der Waals surface area contributed by atoms with Gasteiger partial charge in [0.15, 0.2) is 0 Å². The number of hydrogen-bond acceptors (Lipinski definition) is 5. The lowest BCUT2D eigenvalue weighted by molar-refractivity contribution is -0.138. The van der Waals surface area contributed by atoms with Gasteiger partial charge in [0.05, 0.1) is 12.6 Å². The summed E-state index contributed by atoms with van der Waals surface area (Å²) in [5.41, 5.74) is 0.989. The molecule has 2 aliphatic heterocycles. The number of carbonyl (C=O) groups is 2. The molecule has 1 aromatic heterocycles. The van der Waals surface area contributed by atoms with Crippen LogP contribution in [-0.2, 0) is 14.3 Å². The normalized spacial score (nSPS) is 28.5. The molecule has 8 nitrogen and oxygen atoms in total. The average molecular weight is 376 g/mol. The average Bonchev–Trinajstić information content (AvgIpc) is 3.11. The van der Waals surface area contributed by atoms with Crippen LogP contribution < -0.4 is 5.32 Å². The van der Waals surface area contributed by atoms with Crippen LogP contribution in [0.3, 0.4) is 0 Å². The van der Waals surface area contributed by atoms with Crippen molar-refractivity contribution in [3.8, 4) is 0 Å². The van der Waals surface area contributed by atoms with Crippen molar-refractivity contribution in [1.82, 2.24) is 20.2 Å². The molecule has 1 aromatic rings. The van der Waals surface area contributed by atoms with Gasteiger partial charge >= 0.3 is 6.09 Å². The number of amides is 2. The third kappa shape index (κ3) is 3.67. The number of imidazole rings is 1. The quantitative estimate of drug-likeness (QED) is 0.818. The van der Waals surface area contributed by atoms with Crippen LogP contribution in [0.5, 0.6) is 0 Å². The molecule has 8 heteroatoms. The molecule has 0 bridgehead atoms. The molecule has 1 saturated carbocycles. The molecule has 3 fully saturated rings. The van der Waals surface area contributed by atoms with Crippen LogP contribution in [0.4, 0.5) is 4.79 Å². The van der Waals surface area contributed by atoms with E-state index in [4.69, 9.17) is 9.47 Å². The predicted molar refractivity (Wildman–Crippen MR) is 96.9 cm³/mol. The van der Waals surface area contributed by atoms with Crippen LogP contribution in [0.2, 0.25) is 0 Å². The summed E-state index contributed by atoms with van der Waals surface area (Å²) in [5.74, 6) is 1.43. The lowest BCUT2D eigenvalue weighted by Gasteiger charge is -2.35. The Morgan fingerprint density at radius 2 is 2.19 bits per heavy atom. The summed E-state index contributed by atoms with van der Waals surface area (Å²) in [6.07, 6.45) is 4.77. The second-order valence-corrected chi connectivity index (χ2v) is 7.80. The Labute approximate surface area is 159 Å². The molecular weight excluding hydrogens is 348 g/mol. The number of fused-ring (bicyclic) bond motifs is 1. The molecule has 2 N–H and O–H groups in total. The van der Waals surface area contributed by atoms with Crippen LogP contribution in [-0.4, -0.2) is 58.8 Å². The van der Waals surface area contributed by atoms with Gasteiger partial charge in [-0.05, 0) is 51.4 Å². The summed E-state index contributed by atoms with van der Waals surface area (Å²) in [4.78, 5) is 35.4. The predicted octanol–water partition coefficient (Wildman–Crippen LogP) is 1.92. The highest BCUT2D eigenvalue weighted by atomic mass is 16.5. The fourth-order valence-corrected chi connectivity index (χ4v) is 4.51. The lowest BCUT2D eigenvalue weighted by Crippen LogP contribution is -2.54. The highest BCUT2D eigenvalue weighted by Gasteiger charge is 2.56. The Morgan fingerprint density at radius 3 is 2.85 bits per heavy atom. The van der Waals surface area contributed by atoms with Crippen molar-refractivity contribution in [2.24, 2.45) is 11.8 Å². The van der Waals surface area contributed by atoms with Gasteiger partial charge in [0, 0.05) is 31.1 Å². The fraction of sp³-hybridized carbons (Fsp3) is 0.737. The zero-order valence-electron chi connectivity index (χ0n) is 15.9. The molecule has 1 aliphatic carbocycles. The summed E-state index contributed by atoms with van der Waals surface area (Å²) < 4.78 is 10.5. The second-order valence-electron chi connectivity index (χ2n) is 7.80. The molecule has 27 heavy (non-hydrogen) atoms. The minimum absolute atomic E-state index is 0.0148. The summed E-state index contributed by atoms with van der Waals surface area (Å²) in [7, 11) is 0. The number of nitrogens with one attached hydrogen (secondary N) is 2. The van der Waals surface area contributed by atoms with Crippen molar-refractivity contribution in [3.05, 3.63) is 17.7 Å². The van der Waals surface area contributed by atoms with Gasteiger partial charge in [-0.2, -0.15) is 0 Å². The van der Waals surface area contributed by atoms with E-state index in [1.54, 1.807) is 13.1 Å². The van der Waals surface area contributed by atoms with E-state index in [2.05, 4.69) is 15.3 Å². The first-order chi connectivity index (χ1) is 13.1. The molecule has 148 valence electrons. The van der Waals surface area contributed by atoms with E-state index in [1.165, 1.54) is 0 Å². The Bertz CT molecular complexity index is 700. The first-order valence-corrected chi connectivity index (χ1v) is 9.93. The van der Waals surface area contributed by atoms with E-state index in [0.717, 1.165) is 37.2 Å². The van der Waals surface area contributed by atoms with Crippen molar-refractivity contribution in [2.45, 2.75) is 57.7 Å². The minimum Gasteiger partial charge on any atom is -0.450 e. The topological polar surface area (TPSA) is 96.5 Å². The van der Waals surface area contributed by atoms with E-state index >= 15 is 0 Å². The fourth-order valence-electron chi connectivity index (χ4n) is 4.51. The number of alkyl carbamates (subject to hydrolysis) is 1. The number of hydrogen-bond donors (Lipinski definition) is 2. The SMILES string of the molecule is CCOC(=O)N[C@H](C(=O)N1C2CC2C[C@H]1c1ncc(C)[nH]1)C1CCOCC1. The number of aryl methyl sites for hydroxylation is 1. The van der Waals surface area contributed by atoms with E-state index in [-0.39, 0.29) is 30.5 Å². The number of ether oxygens (including phenoxy) is 2. The molecule has 2 unspecified atom stereocenters. The maximum absolute atomic E-state index is 13.6. The molecule has 3 heterocycles. The molecule has 3 aliphatic rings. The number of aromatic nitrogens is 2. The van der Waals surface area contributed by atoms with E-state index in [1.807, 2.05) is 11.8 Å². The molecule has 0 radical (unpaired) electrons. The van der Waals surface area contributed by atoms with Gasteiger partial charge in [-0.15, -0.1) is 0 Å². The second kappa shape index (κ2) is 7.50. The van der Waals surface area contributed by atoms with Gasteiger partial charge < -0.3 is 24.7 Å². The number of likely N-dealkylation sites (tertiary alicyclic amines) is 1. The number of piperidine rings is 1. The van der Waals surface area contributed by atoms with Gasteiger partial charge in [0.2, 0.25) is 5.91 Å². The number of rotatable bonds is 5. The molecule has 4 atom stereocenters. The van der Waals surface area contributed by atoms with Gasteiger partial charge in [0.25, 0.3) is 0 Å². The van der Waals surface area contributed by atoms with Crippen molar-refractivity contribution < 1.29 is 19.1 Å². The Hall–Kier alpha value is -2.09. The maximum Gasteiger partial charge on any atom is 0.407 e. The minimum atomic E-state index is -0.578. The van der Waals surface area contributed by atoms with Crippen LogP contribution in [0.15, 0.2) is 6.20 Å². The highest BCUT2D eigenvalue weighted by Crippen LogP contribution is 2.53. The molecule has 4 rings (SSSR count). The smallest absolute Gasteiger partial charge is 0.407 e. The van der Waals surface area contributed by atoms with Crippen LogP contribution in [0.25, 0.3) is 0 Å². The van der Waals surface area contributed by atoms with Gasteiger partial charge in [0.1, 0.15) is 11.9 Å². The Kier molecular flexibility index (Phi) is 5.08. The maximum atomic E-state index is 13.6. The molecule has 2 saturated heterocycles. The number of aromatic amines is 1. The van der Waals surface area contributed by atoms with E-state index in [0.29, 0.717) is 19.1 Å². The van der Waals surface area contributed by atoms with E-state index in [9.17, 15) is 9.59 Å². The highest BCUT2D eigenvalue weighted by molar-refractivity contribution is 5.87. The van der Waals surface area contributed by atoms with Crippen molar-refractivity contribution in [1.29, 1.82) is 0 Å². The Balaban J connectivity index is 1.56. The van der Waals surface area contributed by atoms with Crippen LogP contribution in [0.1, 0.15) is 50.2 Å². The van der Waals surface area contributed by atoms with Crippen LogP contribution >= 0.6 is 0 Å². The number of carbonyl (C=O) groups excluding carboxylic acids is 2. The summed E-state index contributed by atoms with van der Waals surface area (Å²) in [5, 5.41) is 2.84. The van der Waals surface area contributed by atoms with Gasteiger partial charge in [-0.25, -0.2) is 9.78 Å². The number of H-pyrrole nitrogens is 1. The molecule has 0 spiro atoms. The zero-order chi connectivity index (χ0) is 19.0. The standard InChI is InChI=1S/C19H28N4O4/c1-3-27-19(25)22-16(12-4-6-26-7-5-12)18(24)23-14-8-13(14)9-15(23)17-20-10-11(2)21-17/h10,12-16H,3-9H2,1-2H3,(H,20,21)(H,22,25)/t13?,14?,15-,16-/m0/s1.